The minimum absolute atomic E-state index is 0.0715. The van der Waals surface area contributed by atoms with Gasteiger partial charge in [-0.05, 0) is 42.5 Å². The van der Waals surface area contributed by atoms with E-state index in [1.807, 2.05) is 35.2 Å². The number of para-hydroxylation sites is 1. The minimum Gasteiger partial charge on any atom is -0.339 e. The number of anilines is 2. The average molecular weight is 399 g/mol. The summed E-state index contributed by atoms with van der Waals surface area (Å²) >= 11 is 0. The van der Waals surface area contributed by atoms with E-state index in [0.29, 0.717) is 16.8 Å². The molecule has 1 N–H and O–H groups in total. The lowest BCUT2D eigenvalue weighted by molar-refractivity contribution is -0.114. The Morgan fingerprint density at radius 2 is 1.63 bits per heavy atom. The molecule has 0 unspecified atom stereocenters. The van der Waals surface area contributed by atoms with Gasteiger partial charge in [-0.15, -0.1) is 0 Å². The number of carbonyl (C=O) groups excluding carboxylic acids is 3. The second kappa shape index (κ2) is 7.30. The van der Waals surface area contributed by atoms with Crippen molar-refractivity contribution in [2.75, 3.05) is 29.9 Å². The predicted molar refractivity (Wildman–Crippen MR) is 116 cm³/mol. The van der Waals surface area contributed by atoms with Crippen LogP contribution >= 0.6 is 0 Å². The molecular weight excluding hydrogens is 378 g/mol. The van der Waals surface area contributed by atoms with Crippen LogP contribution in [0.25, 0.3) is 10.8 Å². The monoisotopic (exact) mass is 399 g/mol. The summed E-state index contributed by atoms with van der Waals surface area (Å²) in [5.74, 6) is -0.592. The molecule has 0 atom stereocenters. The molecule has 0 saturated carbocycles. The first-order valence-corrected chi connectivity index (χ1v) is 10.2. The van der Waals surface area contributed by atoms with Gasteiger partial charge in [-0.3, -0.25) is 19.3 Å². The highest BCUT2D eigenvalue weighted by Crippen LogP contribution is 2.37. The fourth-order valence-electron chi connectivity index (χ4n) is 4.34. The van der Waals surface area contributed by atoms with E-state index in [9.17, 15) is 14.4 Å². The van der Waals surface area contributed by atoms with Crippen molar-refractivity contribution in [1.29, 1.82) is 0 Å². The van der Waals surface area contributed by atoms with Gasteiger partial charge in [0.1, 0.15) is 6.54 Å². The van der Waals surface area contributed by atoms with Crippen LogP contribution in [-0.4, -0.2) is 42.3 Å². The zero-order valence-corrected chi connectivity index (χ0v) is 16.4. The maximum atomic E-state index is 12.9. The third-order valence-corrected chi connectivity index (χ3v) is 5.78. The first kappa shape index (κ1) is 18.4. The van der Waals surface area contributed by atoms with Gasteiger partial charge < -0.3 is 10.2 Å². The van der Waals surface area contributed by atoms with Gasteiger partial charge in [0, 0.05) is 24.0 Å². The van der Waals surface area contributed by atoms with E-state index in [-0.39, 0.29) is 24.3 Å². The Bertz CT molecular complexity index is 1180. The summed E-state index contributed by atoms with van der Waals surface area (Å²) in [4.78, 5) is 41.9. The Kier molecular flexibility index (Phi) is 4.47. The molecule has 3 amide bonds. The molecule has 1 fully saturated rings. The molecule has 0 bridgehead atoms. The first-order chi connectivity index (χ1) is 14.6. The van der Waals surface area contributed by atoms with Gasteiger partial charge in [0.2, 0.25) is 5.91 Å². The van der Waals surface area contributed by atoms with Crippen LogP contribution in [0.3, 0.4) is 0 Å². The smallest absolute Gasteiger partial charge is 0.259 e. The van der Waals surface area contributed by atoms with Crippen LogP contribution in [-0.2, 0) is 4.79 Å². The summed E-state index contributed by atoms with van der Waals surface area (Å²) in [6, 6.07) is 18.3. The van der Waals surface area contributed by atoms with Gasteiger partial charge >= 0.3 is 0 Å². The van der Waals surface area contributed by atoms with Crippen molar-refractivity contribution >= 4 is 39.9 Å². The van der Waals surface area contributed by atoms with Gasteiger partial charge in [-0.2, -0.15) is 0 Å². The zero-order chi connectivity index (χ0) is 20.7. The fourth-order valence-corrected chi connectivity index (χ4v) is 4.34. The zero-order valence-electron chi connectivity index (χ0n) is 16.4. The maximum Gasteiger partial charge on any atom is 0.259 e. The van der Waals surface area contributed by atoms with Crippen LogP contribution in [0.5, 0.6) is 0 Å². The predicted octanol–water partition coefficient (Wildman–Crippen LogP) is 3.67. The topological polar surface area (TPSA) is 69.7 Å². The molecule has 6 nitrogen and oxygen atoms in total. The molecule has 2 heterocycles. The maximum absolute atomic E-state index is 12.9. The number of nitrogens with one attached hydrogen (secondary N) is 1. The summed E-state index contributed by atoms with van der Waals surface area (Å²) in [6.07, 6.45) is 2.01. The molecule has 5 rings (SSSR count). The molecule has 6 heteroatoms. The van der Waals surface area contributed by atoms with Crippen LogP contribution in [0.1, 0.15) is 33.6 Å². The number of likely N-dealkylation sites (tertiary alicyclic amines) is 1. The highest BCUT2D eigenvalue weighted by atomic mass is 16.2. The lowest BCUT2D eigenvalue weighted by atomic mass is 10.1. The third kappa shape index (κ3) is 3.01. The summed E-state index contributed by atoms with van der Waals surface area (Å²) in [6.45, 7) is 1.37. The summed E-state index contributed by atoms with van der Waals surface area (Å²) < 4.78 is 0. The molecular formula is C24H21N3O3. The lowest BCUT2D eigenvalue weighted by Crippen LogP contribution is -2.36. The van der Waals surface area contributed by atoms with Gasteiger partial charge in [0.15, 0.2) is 0 Å². The Balaban J connectivity index is 1.38. The van der Waals surface area contributed by atoms with Crippen molar-refractivity contribution < 1.29 is 14.4 Å². The van der Waals surface area contributed by atoms with E-state index < -0.39 is 0 Å². The lowest BCUT2D eigenvalue weighted by Gasteiger charge is -2.20. The van der Waals surface area contributed by atoms with E-state index in [0.717, 1.165) is 42.4 Å². The van der Waals surface area contributed by atoms with Gasteiger partial charge in [-0.1, -0.05) is 36.4 Å². The Morgan fingerprint density at radius 1 is 0.900 bits per heavy atom. The van der Waals surface area contributed by atoms with E-state index in [4.69, 9.17) is 0 Å². The molecule has 1 saturated heterocycles. The van der Waals surface area contributed by atoms with Crippen molar-refractivity contribution in [3.8, 4) is 0 Å². The average Bonchev–Trinajstić information content (AvgIpc) is 3.39. The first-order valence-electron chi connectivity index (χ1n) is 10.2. The number of hydrogen-bond acceptors (Lipinski definition) is 3. The fraction of sp³-hybridized carbons (Fsp3) is 0.208. The molecule has 0 aromatic heterocycles. The number of nitrogens with zero attached hydrogens (tertiary/aromatic N) is 2. The Morgan fingerprint density at radius 3 is 2.43 bits per heavy atom. The van der Waals surface area contributed by atoms with E-state index >= 15 is 0 Å². The Labute approximate surface area is 174 Å². The second-order valence-electron chi connectivity index (χ2n) is 7.67. The number of benzene rings is 3. The number of rotatable bonds is 4. The summed E-state index contributed by atoms with van der Waals surface area (Å²) in [5.41, 5.74) is 2.30. The van der Waals surface area contributed by atoms with Crippen molar-refractivity contribution in [3.63, 3.8) is 0 Å². The standard InChI is InChI=1S/C24H21N3O3/c28-21(25-19-11-2-1-9-17(19)23(29)26-13-3-4-14-26)15-27-20-12-6-8-16-7-5-10-18(22(16)20)24(27)30/h1-2,5-12H,3-4,13-15H2,(H,25,28). The van der Waals surface area contributed by atoms with Gasteiger partial charge in [0.25, 0.3) is 11.8 Å². The molecule has 30 heavy (non-hydrogen) atoms. The minimum atomic E-state index is -0.338. The van der Waals surface area contributed by atoms with Crippen molar-refractivity contribution in [2.45, 2.75) is 12.8 Å². The molecule has 3 aromatic rings. The second-order valence-corrected chi connectivity index (χ2v) is 7.67. The summed E-state index contributed by atoms with van der Waals surface area (Å²) in [5, 5.41) is 4.69. The van der Waals surface area contributed by atoms with Crippen molar-refractivity contribution in [2.24, 2.45) is 0 Å². The van der Waals surface area contributed by atoms with Crippen molar-refractivity contribution in [3.05, 3.63) is 71.8 Å². The van der Waals surface area contributed by atoms with E-state index in [1.54, 1.807) is 30.3 Å². The number of hydrogen-bond donors (Lipinski definition) is 1. The SMILES string of the molecule is O=C(CN1C(=O)c2cccc3cccc1c23)Nc1ccccc1C(=O)N1CCCC1. The largest absolute Gasteiger partial charge is 0.339 e. The molecule has 0 aliphatic carbocycles. The van der Waals surface area contributed by atoms with Crippen LogP contribution in [0.4, 0.5) is 11.4 Å². The van der Waals surface area contributed by atoms with E-state index in [2.05, 4.69) is 5.32 Å². The normalized spacial score (nSPS) is 15.1. The van der Waals surface area contributed by atoms with Gasteiger partial charge in [-0.25, -0.2) is 0 Å². The quantitative estimate of drug-likeness (QED) is 0.728. The molecule has 150 valence electrons. The Hall–Kier alpha value is -3.67. The third-order valence-electron chi connectivity index (χ3n) is 5.78. The number of carbonyl (C=O) groups is 3. The molecule has 0 spiro atoms. The van der Waals surface area contributed by atoms with E-state index in [1.165, 1.54) is 4.90 Å². The molecule has 2 aliphatic rings. The highest BCUT2D eigenvalue weighted by molar-refractivity contribution is 6.26. The highest BCUT2D eigenvalue weighted by Gasteiger charge is 2.31. The van der Waals surface area contributed by atoms with Crippen LogP contribution in [0.2, 0.25) is 0 Å². The summed E-state index contributed by atoms with van der Waals surface area (Å²) in [7, 11) is 0. The van der Waals surface area contributed by atoms with Crippen LogP contribution in [0, 0.1) is 0 Å². The number of amides is 3. The van der Waals surface area contributed by atoms with Gasteiger partial charge in [0.05, 0.1) is 16.9 Å². The molecule has 2 aliphatic heterocycles. The van der Waals surface area contributed by atoms with Crippen LogP contribution < -0.4 is 10.2 Å². The van der Waals surface area contributed by atoms with Crippen LogP contribution in [0.15, 0.2) is 60.7 Å². The van der Waals surface area contributed by atoms with Crippen molar-refractivity contribution in [1.82, 2.24) is 4.90 Å². The molecule has 3 aromatic carbocycles. The molecule has 0 radical (unpaired) electrons.